The molecule has 0 bridgehead atoms. The molecule has 2 amide bonds. The second kappa shape index (κ2) is 10.3. The van der Waals surface area contributed by atoms with Gasteiger partial charge in [-0.1, -0.05) is 11.6 Å². The number of nitrogens with one attached hydrogen (secondary N) is 1. The molecule has 0 aliphatic carbocycles. The molecule has 1 atom stereocenters. The van der Waals surface area contributed by atoms with Crippen LogP contribution in [0.25, 0.3) is 0 Å². The number of hydrogen-bond donors (Lipinski definition) is 1. The lowest BCUT2D eigenvalue weighted by molar-refractivity contribution is -0.151. The zero-order valence-corrected chi connectivity index (χ0v) is 18.4. The van der Waals surface area contributed by atoms with Gasteiger partial charge in [0.1, 0.15) is 0 Å². The van der Waals surface area contributed by atoms with E-state index in [0.717, 1.165) is 0 Å². The Labute approximate surface area is 190 Å². The molecule has 0 radical (unpaired) electrons. The topological polar surface area (TPSA) is 102 Å². The van der Waals surface area contributed by atoms with Crippen molar-refractivity contribution in [2.45, 2.75) is 26.4 Å². The van der Waals surface area contributed by atoms with E-state index in [4.69, 9.17) is 21.1 Å². The minimum Gasteiger partial charge on any atom is -0.459 e. The van der Waals surface area contributed by atoms with Crippen LogP contribution in [-0.4, -0.2) is 43.0 Å². The predicted octanol–water partition coefficient (Wildman–Crippen LogP) is 3.44. The second-order valence-electron chi connectivity index (χ2n) is 7.57. The van der Waals surface area contributed by atoms with Gasteiger partial charge in [-0.3, -0.25) is 14.4 Å². The van der Waals surface area contributed by atoms with Gasteiger partial charge in [0.25, 0.3) is 5.91 Å². The van der Waals surface area contributed by atoms with Gasteiger partial charge >= 0.3 is 11.9 Å². The zero-order valence-electron chi connectivity index (χ0n) is 17.7. The van der Waals surface area contributed by atoms with Gasteiger partial charge in [0.15, 0.2) is 6.61 Å². The monoisotopic (exact) mass is 458 g/mol. The normalized spacial score (nSPS) is 15.6. The highest BCUT2D eigenvalue weighted by atomic mass is 35.5. The molecule has 3 rings (SSSR count). The van der Waals surface area contributed by atoms with Crippen LogP contribution in [0, 0.1) is 5.92 Å². The van der Waals surface area contributed by atoms with Crippen molar-refractivity contribution in [2.24, 2.45) is 5.92 Å². The van der Waals surface area contributed by atoms with Crippen molar-refractivity contribution in [1.29, 1.82) is 0 Å². The number of anilines is 2. The summed E-state index contributed by atoms with van der Waals surface area (Å²) in [5.74, 6) is -2.49. The van der Waals surface area contributed by atoms with Crippen molar-refractivity contribution in [1.82, 2.24) is 0 Å². The number of halogens is 1. The third-order valence-corrected chi connectivity index (χ3v) is 4.94. The molecule has 0 spiro atoms. The fraction of sp³-hybridized carbons (Fsp3) is 0.304. The highest BCUT2D eigenvalue weighted by Crippen LogP contribution is 2.26. The number of ether oxygens (including phenoxy) is 2. The van der Waals surface area contributed by atoms with Gasteiger partial charge in [-0.25, -0.2) is 4.79 Å². The maximum atomic E-state index is 12.4. The van der Waals surface area contributed by atoms with Crippen LogP contribution in [0.15, 0.2) is 48.5 Å². The number of carbonyl (C=O) groups excluding carboxylic acids is 4. The van der Waals surface area contributed by atoms with E-state index in [2.05, 4.69) is 5.32 Å². The number of esters is 2. The summed E-state index contributed by atoms with van der Waals surface area (Å²) in [6.07, 6.45) is -0.253. The van der Waals surface area contributed by atoms with Gasteiger partial charge in [0, 0.05) is 29.4 Å². The molecule has 1 fully saturated rings. The Balaban J connectivity index is 1.52. The van der Waals surface area contributed by atoms with Gasteiger partial charge in [-0.15, -0.1) is 0 Å². The highest BCUT2D eigenvalue weighted by Gasteiger charge is 2.36. The van der Waals surface area contributed by atoms with E-state index in [9.17, 15) is 19.2 Å². The molecule has 9 heteroatoms. The minimum atomic E-state index is -0.684. The van der Waals surface area contributed by atoms with Crippen molar-refractivity contribution in [3.05, 3.63) is 59.1 Å². The van der Waals surface area contributed by atoms with Crippen LogP contribution in [-0.2, 0) is 23.9 Å². The Kier molecular flexibility index (Phi) is 7.48. The third kappa shape index (κ3) is 6.07. The molecule has 0 aromatic heterocycles. The van der Waals surface area contributed by atoms with E-state index in [1.807, 2.05) is 0 Å². The number of nitrogens with zero attached hydrogens (tertiary/aromatic N) is 1. The summed E-state index contributed by atoms with van der Waals surface area (Å²) >= 11 is 5.80. The molecule has 0 unspecified atom stereocenters. The van der Waals surface area contributed by atoms with Crippen LogP contribution >= 0.6 is 11.6 Å². The summed E-state index contributed by atoms with van der Waals surface area (Å²) in [4.78, 5) is 50.1. The Bertz CT molecular complexity index is 1000. The molecule has 32 heavy (non-hydrogen) atoms. The summed E-state index contributed by atoms with van der Waals surface area (Å²) in [6, 6.07) is 12.9. The molecule has 0 saturated carbocycles. The second-order valence-corrected chi connectivity index (χ2v) is 8.01. The smallest absolute Gasteiger partial charge is 0.338 e. The minimum absolute atomic E-state index is 0.0191. The average Bonchev–Trinajstić information content (AvgIpc) is 3.15. The lowest BCUT2D eigenvalue weighted by Crippen LogP contribution is -2.28. The van der Waals surface area contributed by atoms with Gasteiger partial charge in [-0.05, 0) is 62.4 Å². The Morgan fingerprint density at radius 3 is 2.38 bits per heavy atom. The summed E-state index contributed by atoms with van der Waals surface area (Å²) in [7, 11) is 0. The lowest BCUT2D eigenvalue weighted by atomic mass is 10.1. The van der Waals surface area contributed by atoms with Crippen molar-refractivity contribution in [3.8, 4) is 0 Å². The third-order valence-electron chi connectivity index (χ3n) is 4.69. The fourth-order valence-electron chi connectivity index (χ4n) is 3.16. The highest BCUT2D eigenvalue weighted by molar-refractivity contribution is 6.30. The van der Waals surface area contributed by atoms with Crippen molar-refractivity contribution < 1.29 is 28.7 Å². The van der Waals surface area contributed by atoms with Gasteiger partial charge < -0.3 is 19.7 Å². The first kappa shape index (κ1) is 23.3. The number of amides is 2. The van der Waals surface area contributed by atoms with Gasteiger partial charge in [0.2, 0.25) is 5.91 Å². The Hall–Kier alpha value is -3.39. The van der Waals surface area contributed by atoms with E-state index in [0.29, 0.717) is 22.0 Å². The number of rotatable bonds is 7. The first-order chi connectivity index (χ1) is 15.2. The predicted molar refractivity (Wildman–Crippen MR) is 118 cm³/mol. The summed E-state index contributed by atoms with van der Waals surface area (Å²) < 4.78 is 10.2. The van der Waals surface area contributed by atoms with Gasteiger partial charge in [0.05, 0.1) is 17.6 Å². The summed E-state index contributed by atoms with van der Waals surface area (Å²) in [6.45, 7) is 3.19. The molecule has 168 valence electrons. The van der Waals surface area contributed by atoms with Gasteiger partial charge in [-0.2, -0.15) is 0 Å². The van der Waals surface area contributed by atoms with Crippen molar-refractivity contribution in [3.63, 3.8) is 0 Å². The molecule has 1 heterocycles. The van der Waals surface area contributed by atoms with E-state index < -0.39 is 30.4 Å². The molecule has 2 aromatic rings. The molecule has 8 nitrogen and oxygen atoms in total. The first-order valence-corrected chi connectivity index (χ1v) is 10.4. The molecule has 1 N–H and O–H groups in total. The SMILES string of the molecule is CC(C)OC(=O)c1ccc(N2C[C@H](C(=O)OCC(=O)Nc3ccc(Cl)cc3)CC2=O)cc1. The van der Waals surface area contributed by atoms with E-state index >= 15 is 0 Å². The number of benzene rings is 2. The quantitative estimate of drug-likeness (QED) is 0.638. The van der Waals surface area contributed by atoms with Crippen molar-refractivity contribution in [2.75, 3.05) is 23.4 Å². The molecule has 2 aromatic carbocycles. The summed E-state index contributed by atoms with van der Waals surface area (Å²) in [5, 5.41) is 3.13. The van der Waals surface area contributed by atoms with E-state index in [1.54, 1.807) is 62.4 Å². The van der Waals surface area contributed by atoms with Crippen LogP contribution in [0.1, 0.15) is 30.6 Å². The molecular weight excluding hydrogens is 436 g/mol. The van der Waals surface area contributed by atoms with Crippen LogP contribution in [0.4, 0.5) is 11.4 Å². The fourth-order valence-corrected chi connectivity index (χ4v) is 3.29. The lowest BCUT2D eigenvalue weighted by Gasteiger charge is -2.17. The number of hydrogen-bond acceptors (Lipinski definition) is 6. The zero-order chi connectivity index (χ0) is 23.3. The maximum Gasteiger partial charge on any atom is 0.338 e. The maximum absolute atomic E-state index is 12.4. The first-order valence-electron chi connectivity index (χ1n) is 10.1. The molecule has 1 aliphatic rings. The van der Waals surface area contributed by atoms with Crippen molar-refractivity contribution >= 4 is 46.7 Å². The van der Waals surface area contributed by atoms with Crippen LogP contribution in [0.2, 0.25) is 5.02 Å². The molecule has 1 aliphatic heterocycles. The standard InChI is InChI=1S/C23H23ClN2O6/c1-14(2)32-23(30)15-3-9-19(10-4-15)26-12-16(11-21(26)28)22(29)31-13-20(27)25-18-7-5-17(24)6-8-18/h3-10,14,16H,11-13H2,1-2H3,(H,25,27)/t16-/m1/s1. The van der Waals surface area contributed by atoms with Crippen LogP contribution in [0.5, 0.6) is 0 Å². The summed E-state index contributed by atoms with van der Waals surface area (Å²) in [5.41, 5.74) is 1.46. The average molecular weight is 459 g/mol. The largest absolute Gasteiger partial charge is 0.459 e. The van der Waals surface area contributed by atoms with E-state index in [1.165, 1.54) is 4.90 Å². The van der Waals surface area contributed by atoms with Crippen LogP contribution in [0.3, 0.4) is 0 Å². The Morgan fingerprint density at radius 2 is 1.75 bits per heavy atom. The Morgan fingerprint density at radius 1 is 1.09 bits per heavy atom. The van der Waals surface area contributed by atoms with E-state index in [-0.39, 0.29) is 25.0 Å². The molecule has 1 saturated heterocycles. The molecular formula is C23H23ClN2O6. The number of carbonyl (C=O) groups is 4. The van der Waals surface area contributed by atoms with Crippen LogP contribution < -0.4 is 10.2 Å².